The maximum absolute atomic E-state index is 14.3. The number of benzene rings is 5. The second-order valence-corrected chi connectivity index (χ2v) is 22.9. The first-order valence-electron chi connectivity index (χ1n) is 15.3. The molecule has 0 bridgehead atoms. The third-order valence-corrected chi connectivity index (χ3v) is 12.3. The van der Waals surface area contributed by atoms with Crippen LogP contribution >= 0.6 is 0 Å². The van der Waals surface area contributed by atoms with Gasteiger partial charge in [0.05, 0.1) is 5.58 Å². The maximum Gasteiger partial charge on any atom is 0 e. The van der Waals surface area contributed by atoms with Crippen LogP contribution in [0.15, 0.2) is 138 Å². The molecule has 3 aromatic heterocycles. The Morgan fingerprint density at radius 3 is 2.15 bits per heavy atom. The van der Waals surface area contributed by atoms with Crippen LogP contribution in [-0.2, 0) is 20.1 Å². The average Bonchev–Trinajstić information content (AvgIpc) is 3.46. The van der Waals surface area contributed by atoms with Crippen molar-refractivity contribution in [2.75, 3.05) is 0 Å². The fraction of sp³-hybridized carbons (Fsp3) is 0.0732. The zero-order valence-corrected chi connectivity index (χ0v) is 30.7. The summed E-state index contributed by atoms with van der Waals surface area (Å²) in [5.74, 6) is 6.82. The number of pyridine rings is 2. The fourth-order valence-corrected chi connectivity index (χ4v) is 7.75. The fourth-order valence-electron chi connectivity index (χ4n) is 5.58. The van der Waals surface area contributed by atoms with E-state index >= 15 is 0 Å². The Kier molecular flexibility index (Phi) is 9.51. The van der Waals surface area contributed by atoms with Gasteiger partial charge in [-0.15, -0.1) is 17.7 Å². The quantitative estimate of drug-likeness (QED) is 0.131. The molecule has 3 nitrogen and oxygen atoms in total. The minimum Gasteiger partial charge on any atom is 0 e. The Morgan fingerprint density at radius 2 is 1.43 bits per heavy atom. The van der Waals surface area contributed by atoms with E-state index in [1.807, 2.05) is 103 Å². The maximum atomic E-state index is 14.3. The molecule has 1 radical (unpaired) electrons. The summed E-state index contributed by atoms with van der Waals surface area (Å²) in [6.07, 6.45) is 3.90. The molecule has 0 spiro atoms. The molecule has 233 valence electrons. The molecule has 6 heteroatoms. The SMILES string of the molecule is Fc1cc(-c2ccccc2)c2c(c1)oc1[c-]c(-c3cc4ccccc4cn3)ccc12.[CH3][Ge]([CH3])([CH3])[c]1ccc(-c2[c-]cccc2)nc1.[Ir]. The van der Waals surface area contributed by atoms with Gasteiger partial charge in [-0.25, -0.2) is 4.39 Å². The van der Waals surface area contributed by atoms with Crippen LogP contribution in [0.5, 0.6) is 0 Å². The molecule has 0 atom stereocenters. The van der Waals surface area contributed by atoms with Gasteiger partial charge in [-0.1, -0.05) is 72.1 Å². The molecule has 0 unspecified atom stereocenters. The van der Waals surface area contributed by atoms with Gasteiger partial charge in [-0.3, -0.25) is 0 Å². The van der Waals surface area contributed by atoms with Crippen LogP contribution in [0.4, 0.5) is 4.39 Å². The molecule has 0 saturated carbocycles. The monoisotopic (exact) mass is 853 g/mol. The van der Waals surface area contributed by atoms with E-state index in [4.69, 9.17) is 4.42 Å². The van der Waals surface area contributed by atoms with E-state index in [-0.39, 0.29) is 25.9 Å². The number of fused-ring (bicyclic) bond motifs is 4. The predicted molar refractivity (Wildman–Crippen MR) is 190 cm³/mol. The first-order valence-corrected chi connectivity index (χ1v) is 22.6. The van der Waals surface area contributed by atoms with Crippen LogP contribution in [0.1, 0.15) is 0 Å². The molecule has 5 aromatic carbocycles. The average molecular weight is 852 g/mol. The van der Waals surface area contributed by atoms with Gasteiger partial charge in [0, 0.05) is 32.4 Å². The van der Waals surface area contributed by atoms with Crippen LogP contribution in [0.3, 0.4) is 0 Å². The van der Waals surface area contributed by atoms with E-state index in [1.54, 1.807) is 6.07 Å². The number of rotatable bonds is 4. The summed E-state index contributed by atoms with van der Waals surface area (Å²) < 4.78 is 21.8. The van der Waals surface area contributed by atoms with E-state index < -0.39 is 13.3 Å². The Balaban J connectivity index is 0.000000194. The van der Waals surface area contributed by atoms with Gasteiger partial charge in [0.25, 0.3) is 0 Å². The zero-order valence-electron chi connectivity index (χ0n) is 26.2. The summed E-state index contributed by atoms with van der Waals surface area (Å²) in [6, 6.07) is 45.8. The van der Waals surface area contributed by atoms with Crippen LogP contribution in [0, 0.1) is 17.9 Å². The molecule has 0 saturated heterocycles. The van der Waals surface area contributed by atoms with Crippen molar-refractivity contribution in [3.63, 3.8) is 0 Å². The van der Waals surface area contributed by atoms with E-state index in [9.17, 15) is 4.39 Å². The number of hydrogen-bond acceptors (Lipinski definition) is 3. The minimum atomic E-state index is -1.72. The number of hydrogen-bond donors (Lipinski definition) is 0. The second-order valence-electron chi connectivity index (χ2n) is 12.3. The molecule has 3 heterocycles. The smallest absolute Gasteiger partial charge is 0 e. The van der Waals surface area contributed by atoms with Gasteiger partial charge < -0.3 is 9.40 Å². The normalized spacial score (nSPS) is 11.2. The third-order valence-electron chi connectivity index (χ3n) is 8.06. The van der Waals surface area contributed by atoms with Gasteiger partial charge in [0.15, 0.2) is 0 Å². The van der Waals surface area contributed by atoms with Gasteiger partial charge in [-0.05, 0) is 39.0 Å². The minimum absolute atomic E-state index is 0. The Bertz CT molecular complexity index is 2300. The van der Waals surface area contributed by atoms with E-state index in [0.717, 1.165) is 55.2 Å². The first-order chi connectivity index (χ1) is 22.3. The predicted octanol–water partition coefficient (Wildman–Crippen LogP) is 10.5. The summed E-state index contributed by atoms with van der Waals surface area (Å²) in [4.78, 5) is 9.12. The molecule has 0 fully saturated rings. The molecular formula is C41H31FGeIrN2O-2. The number of aromatic nitrogens is 2. The molecule has 0 aliphatic carbocycles. The summed E-state index contributed by atoms with van der Waals surface area (Å²) in [6.45, 7) is 0. The summed E-state index contributed by atoms with van der Waals surface area (Å²) >= 11 is -1.72. The van der Waals surface area contributed by atoms with Crippen molar-refractivity contribution in [2.45, 2.75) is 17.3 Å². The standard InChI is InChI=1S/C27H15FNO.C14H16GeN.Ir/c28-21-14-23(17-6-2-1-3-7-17)27-22-11-10-19(13-25(22)30-26(27)15-21)24-12-18-8-4-5-9-20(18)16-29-24;1-15(2,3)13-9-10-14(16-11-13)12-7-5-4-6-8-12;/h1-12,14-16H;4-7,9-11H,1-3H3;/q2*-1;. The molecule has 0 aliphatic heterocycles. The zero-order chi connectivity index (χ0) is 31.7. The Hall–Kier alpha value is -4.42. The number of furan rings is 1. The van der Waals surface area contributed by atoms with Crippen molar-refractivity contribution in [1.29, 1.82) is 0 Å². The van der Waals surface area contributed by atoms with Crippen molar-refractivity contribution < 1.29 is 28.9 Å². The van der Waals surface area contributed by atoms with Crippen molar-refractivity contribution in [2.24, 2.45) is 0 Å². The van der Waals surface area contributed by atoms with E-state index in [0.29, 0.717) is 11.2 Å². The molecule has 0 aliphatic rings. The Morgan fingerprint density at radius 1 is 0.681 bits per heavy atom. The van der Waals surface area contributed by atoms with Gasteiger partial charge in [0.1, 0.15) is 11.4 Å². The van der Waals surface area contributed by atoms with Crippen molar-refractivity contribution in [3.05, 3.63) is 152 Å². The molecule has 47 heavy (non-hydrogen) atoms. The van der Waals surface area contributed by atoms with Gasteiger partial charge >= 0.3 is 99.8 Å². The van der Waals surface area contributed by atoms with Crippen molar-refractivity contribution >= 4 is 50.4 Å². The molecule has 0 N–H and O–H groups in total. The largest absolute Gasteiger partial charge is 0 e. The van der Waals surface area contributed by atoms with E-state index in [2.05, 4.69) is 57.6 Å². The van der Waals surface area contributed by atoms with Crippen molar-refractivity contribution in [3.8, 4) is 33.6 Å². The number of nitrogens with zero attached hydrogens (tertiary/aromatic N) is 2. The summed E-state index contributed by atoms with van der Waals surface area (Å²) in [5.41, 5.74) is 6.62. The number of halogens is 1. The van der Waals surface area contributed by atoms with E-state index in [1.165, 1.54) is 10.5 Å². The summed E-state index contributed by atoms with van der Waals surface area (Å²) in [7, 11) is 0. The molecule has 0 amide bonds. The molecule has 8 rings (SSSR count). The summed E-state index contributed by atoms with van der Waals surface area (Å²) in [5, 5.41) is 4.02. The Labute approximate surface area is 290 Å². The van der Waals surface area contributed by atoms with Gasteiger partial charge in [-0.2, -0.15) is 0 Å². The van der Waals surface area contributed by atoms with Crippen LogP contribution < -0.4 is 4.40 Å². The molecular weight excluding hydrogens is 820 g/mol. The van der Waals surface area contributed by atoms with Crippen LogP contribution in [0.25, 0.3) is 66.4 Å². The van der Waals surface area contributed by atoms with Crippen molar-refractivity contribution in [1.82, 2.24) is 9.97 Å². The second kappa shape index (κ2) is 13.7. The molecule has 8 aromatic rings. The van der Waals surface area contributed by atoms with Crippen LogP contribution in [0.2, 0.25) is 17.3 Å². The van der Waals surface area contributed by atoms with Crippen LogP contribution in [-0.4, -0.2) is 23.2 Å². The topological polar surface area (TPSA) is 38.9 Å². The third kappa shape index (κ3) is 6.98. The first kappa shape index (κ1) is 32.5. The van der Waals surface area contributed by atoms with Gasteiger partial charge in [0.2, 0.25) is 0 Å².